The number of anilines is 1. The van der Waals surface area contributed by atoms with Crippen LogP contribution in [0.25, 0.3) is 0 Å². The summed E-state index contributed by atoms with van der Waals surface area (Å²) in [5, 5.41) is 11.8. The Morgan fingerprint density at radius 3 is 2.71 bits per heavy atom. The largest absolute Gasteiger partial charge is 0.407 e. The molecule has 1 fully saturated rings. The summed E-state index contributed by atoms with van der Waals surface area (Å²) in [6.07, 6.45) is 7.43. The summed E-state index contributed by atoms with van der Waals surface area (Å²) in [6, 6.07) is 1.30. The van der Waals surface area contributed by atoms with E-state index >= 15 is 0 Å². The van der Waals surface area contributed by atoms with Gasteiger partial charge in [0.05, 0.1) is 6.54 Å². The maximum atomic E-state index is 5.88. The van der Waals surface area contributed by atoms with Crippen molar-refractivity contribution < 1.29 is 4.42 Å². The third-order valence-electron chi connectivity index (χ3n) is 4.12. The number of nitrogens with zero attached hydrogens (tertiary/aromatic N) is 3. The highest BCUT2D eigenvalue weighted by atomic mass is 16.4. The standard InChI is InChI=1S/C16H30N4O/c1-4-10-17-12-15-18-19-16(21-15)20(11-9-13(2)3)14-7-5-6-8-14/h13-14,17H,4-12H2,1-3H3. The Bertz CT molecular complexity index is 399. The van der Waals surface area contributed by atoms with Gasteiger partial charge in [-0.25, -0.2) is 0 Å². The quantitative estimate of drug-likeness (QED) is 0.708. The Hall–Kier alpha value is -1.10. The zero-order valence-corrected chi connectivity index (χ0v) is 13.8. The van der Waals surface area contributed by atoms with Gasteiger partial charge in [0.25, 0.3) is 0 Å². The second-order valence-electron chi connectivity index (χ2n) is 6.47. The van der Waals surface area contributed by atoms with E-state index in [0.29, 0.717) is 24.4 Å². The van der Waals surface area contributed by atoms with Gasteiger partial charge in [0.2, 0.25) is 5.89 Å². The van der Waals surface area contributed by atoms with E-state index in [1.807, 2.05) is 0 Å². The first-order chi connectivity index (χ1) is 10.2. The summed E-state index contributed by atoms with van der Waals surface area (Å²) in [6.45, 7) is 9.36. The van der Waals surface area contributed by atoms with Gasteiger partial charge in [0, 0.05) is 12.6 Å². The van der Waals surface area contributed by atoms with E-state index < -0.39 is 0 Å². The van der Waals surface area contributed by atoms with Crippen molar-refractivity contribution in [2.24, 2.45) is 5.92 Å². The highest BCUT2D eigenvalue weighted by molar-refractivity contribution is 5.27. The molecular formula is C16H30N4O. The fourth-order valence-electron chi connectivity index (χ4n) is 2.85. The molecule has 0 amide bonds. The lowest BCUT2D eigenvalue weighted by molar-refractivity contribution is 0.433. The number of hydrogen-bond acceptors (Lipinski definition) is 5. The van der Waals surface area contributed by atoms with E-state index in [1.165, 1.54) is 32.1 Å². The van der Waals surface area contributed by atoms with Crippen LogP contribution in [0.3, 0.4) is 0 Å². The molecule has 1 aromatic rings. The van der Waals surface area contributed by atoms with Crippen molar-refractivity contribution in [1.82, 2.24) is 15.5 Å². The predicted molar refractivity (Wildman–Crippen MR) is 85.4 cm³/mol. The summed E-state index contributed by atoms with van der Waals surface area (Å²) >= 11 is 0. The van der Waals surface area contributed by atoms with Crippen molar-refractivity contribution in [2.45, 2.75) is 71.9 Å². The summed E-state index contributed by atoms with van der Waals surface area (Å²) < 4.78 is 5.88. The van der Waals surface area contributed by atoms with Gasteiger partial charge in [-0.15, -0.1) is 5.10 Å². The number of hydrogen-bond donors (Lipinski definition) is 1. The van der Waals surface area contributed by atoms with Crippen LogP contribution in [0.15, 0.2) is 4.42 Å². The normalized spacial score (nSPS) is 16.0. The number of nitrogens with one attached hydrogen (secondary N) is 1. The van der Waals surface area contributed by atoms with Crippen molar-refractivity contribution >= 4 is 6.01 Å². The topological polar surface area (TPSA) is 54.2 Å². The average molecular weight is 294 g/mol. The van der Waals surface area contributed by atoms with E-state index in [-0.39, 0.29) is 0 Å². The highest BCUT2D eigenvalue weighted by Crippen LogP contribution is 2.28. The molecule has 0 spiro atoms. The van der Waals surface area contributed by atoms with Crippen molar-refractivity contribution in [1.29, 1.82) is 0 Å². The van der Waals surface area contributed by atoms with Gasteiger partial charge in [-0.1, -0.05) is 38.7 Å². The van der Waals surface area contributed by atoms with Gasteiger partial charge >= 0.3 is 6.01 Å². The second-order valence-corrected chi connectivity index (χ2v) is 6.47. The summed E-state index contributed by atoms with van der Waals surface area (Å²) in [5.74, 6) is 1.40. The smallest absolute Gasteiger partial charge is 0.318 e. The Morgan fingerprint density at radius 2 is 2.05 bits per heavy atom. The molecule has 1 aromatic heterocycles. The van der Waals surface area contributed by atoms with Crippen LogP contribution in [0.5, 0.6) is 0 Å². The third kappa shape index (κ3) is 4.99. The molecule has 120 valence electrons. The predicted octanol–water partition coefficient (Wildman–Crippen LogP) is 3.36. The Balaban J connectivity index is 1.98. The maximum Gasteiger partial charge on any atom is 0.318 e. The molecule has 2 rings (SSSR count). The van der Waals surface area contributed by atoms with Crippen LogP contribution in [0.2, 0.25) is 0 Å². The Labute approximate surface area is 128 Å². The lowest BCUT2D eigenvalue weighted by atomic mass is 10.1. The molecule has 0 bridgehead atoms. The molecule has 0 unspecified atom stereocenters. The molecule has 0 aliphatic heterocycles. The maximum absolute atomic E-state index is 5.88. The van der Waals surface area contributed by atoms with E-state index in [2.05, 4.69) is 41.2 Å². The van der Waals surface area contributed by atoms with Gasteiger partial charge in [-0.3, -0.25) is 0 Å². The molecule has 1 heterocycles. The van der Waals surface area contributed by atoms with Gasteiger partial charge < -0.3 is 14.6 Å². The molecule has 1 aliphatic rings. The third-order valence-corrected chi connectivity index (χ3v) is 4.12. The van der Waals surface area contributed by atoms with Crippen LogP contribution < -0.4 is 10.2 Å². The summed E-state index contributed by atoms with van der Waals surface area (Å²) in [5.41, 5.74) is 0. The lowest BCUT2D eigenvalue weighted by Crippen LogP contribution is -2.35. The van der Waals surface area contributed by atoms with E-state index in [9.17, 15) is 0 Å². The minimum atomic E-state index is 0.584. The minimum absolute atomic E-state index is 0.584. The SMILES string of the molecule is CCCNCc1nnc(N(CCC(C)C)C2CCCC2)o1. The molecule has 1 aliphatic carbocycles. The fourth-order valence-corrected chi connectivity index (χ4v) is 2.85. The van der Waals surface area contributed by atoms with Crippen LogP contribution in [0.1, 0.15) is 65.2 Å². The molecule has 0 saturated heterocycles. The first-order valence-electron chi connectivity index (χ1n) is 8.50. The zero-order chi connectivity index (χ0) is 15.1. The molecular weight excluding hydrogens is 264 g/mol. The summed E-state index contributed by atoms with van der Waals surface area (Å²) in [4.78, 5) is 2.35. The van der Waals surface area contributed by atoms with Gasteiger partial charge in [-0.2, -0.15) is 0 Å². The second kappa shape index (κ2) is 8.37. The first-order valence-corrected chi connectivity index (χ1v) is 8.50. The Morgan fingerprint density at radius 1 is 1.29 bits per heavy atom. The van der Waals surface area contributed by atoms with E-state index in [0.717, 1.165) is 25.5 Å². The molecule has 0 aromatic carbocycles. The lowest BCUT2D eigenvalue weighted by Gasteiger charge is -2.27. The number of aromatic nitrogens is 2. The van der Waals surface area contributed by atoms with Crippen LogP contribution in [0, 0.1) is 5.92 Å². The highest BCUT2D eigenvalue weighted by Gasteiger charge is 2.26. The van der Waals surface area contributed by atoms with Crippen molar-refractivity contribution in [2.75, 3.05) is 18.0 Å². The molecule has 1 saturated carbocycles. The Kier molecular flexibility index (Phi) is 6.49. The van der Waals surface area contributed by atoms with E-state index in [1.54, 1.807) is 0 Å². The molecule has 5 nitrogen and oxygen atoms in total. The zero-order valence-electron chi connectivity index (χ0n) is 13.8. The van der Waals surface area contributed by atoms with Crippen LogP contribution in [0.4, 0.5) is 6.01 Å². The van der Waals surface area contributed by atoms with Crippen molar-refractivity contribution in [3.8, 4) is 0 Å². The fraction of sp³-hybridized carbons (Fsp3) is 0.875. The molecule has 5 heteroatoms. The number of rotatable bonds is 9. The summed E-state index contributed by atoms with van der Waals surface area (Å²) in [7, 11) is 0. The van der Waals surface area contributed by atoms with Gasteiger partial charge in [0.1, 0.15) is 0 Å². The van der Waals surface area contributed by atoms with E-state index in [4.69, 9.17) is 4.42 Å². The minimum Gasteiger partial charge on any atom is -0.407 e. The first kappa shape index (κ1) is 16.3. The van der Waals surface area contributed by atoms with Gasteiger partial charge in [0.15, 0.2) is 0 Å². The van der Waals surface area contributed by atoms with Crippen molar-refractivity contribution in [3.05, 3.63) is 5.89 Å². The average Bonchev–Trinajstić information content (AvgIpc) is 3.11. The molecule has 0 atom stereocenters. The van der Waals surface area contributed by atoms with Crippen LogP contribution >= 0.6 is 0 Å². The molecule has 0 radical (unpaired) electrons. The molecule has 1 N–H and O–H groups in total. The van der Waals surface area contributed by atoms with Crippen molar-refractivity contribution in [3.63, 3.8) is 0 Å². The van der Waals surface area contributed by atoms with Gasteiger partial charge in [-0.05, 0) is 38.1 Å². The van der Waals surface area contributed by atoms with Crippen LogP contribution in [-0.2, 0) is 6.54 Å². The monoisotopic (exact) mass is 294 g/mol. The molecule has 21 heavy (non-hydrogen) atoms. The van der Waals surface area contributed by atoms with Crippen LogP contribution in [-0.4, -0.2) is 29.3 Å².